The van der Waals surface area contributed by atoms with Gasteiger partial charge in [0.15, 0.2) is 0 Å². The maximum Gasteiger partial charge on any atom is 0.490 e. The molecule has 0 aliphatic carbocycles. The number of likely N-dealkylation sites (N-methyl/N-ethyl adjacent to an activating group) is 2. The first-order chi connectivity index (χ1) is 37.4. The fourth-order valence-electron chi connectivity index (χ4n) is 9.25. The number of carbonyl (C=O) groups excluding carboxylic acids is 5. The number of carboxylic acids is 1. The van der Waals surface area contributed by atoms with Crippen LogP contribution >= 0.6 is 23.2 Å². The smallest absolute Gasteiger partial charge is 0.475 e. The van der Waals surface area contributed by atoms with E-state index in [0.717, 1.165) is 47.8 Å². The predicted molar refractivity (Wildman–Crippen MR) is 292 cm³/mol. The van der Waals surface area contributed by atoms with Crippen molar-refractivity contribution in [3.8, 4) is 22.8 Å². The van der Waals surface area contributed by atoms with Crippen LogP contribution in [0.4, 0.5) is 13.2 Å². The van der Waals surface area contributed by atoms with Crippen molar-refractivity contribution in [2.75, 3.05) is 40.9 Å². The second-order valence-electron chi connectivity index (χ2n) is 20.0. The monoisotopic (exact) mass is 1130 g/mol. The van der Waals surface area contributed by atoms with Crippen molar-refractivity contribution in [3.05, 3.63) is 136 Å². The Labute approximate surface area is 467 Å². The highest BCUT2D eigenvalue weighted by molar-refractivity contribution is 6.31. The Morgan fingerprint density at radius 2 is 1.48 bits per heavy atom. The van der Waals surface area contributed by atoms with Gasteiger partial charge in [0.25, 0.3) is 0 Å². The van der Waals surface area contributed by atoms with Crippen LogP contribution in [0.2, 0.25) is 10.0 Å². The first-order valence-corrected chi connectivity index (χ1v) is 26.5. The third-order valence-corrected chi connectivity index (χ3v) is 14.6. The lowest BCUT2D eigenvalue weighted by molar-refractivity contribution is -0.192. The van der Waals surface area contributed by atoms with Crippen molar-refractivity contribution < 1.29 is 56.5 Å². The van der Waals surface area contributed by atoms with Crippen LogP contribution in [0.3, 0.4) is 0 Å². The highest BCUT2D eigenvalue weighted by Gasteiger charge is 2.39. The lowest BCUT2D eigenvalue weighted by atomic mass is 9.93. The summed E-state index contributed by atoms with van der Waals surface area (Å²) in [5.41, 5.74) is 4.23. The number of nitrogens with zero attached hydrogens (tertiary/aromatic N) is 6. The maximum atomic E-state index is 15.1. The van der Waals surface area contributed by atoms with Gasteiger partial charge in [0.1, 0.15) is 29.4 Å². The highest BCUT2D eigenvalue weighted by Crippen LogP contribution is 2.33. The summed E-state index contributed by atoms with van der Waals surface area (Å²) in [6, 6.07) is 26.3. The number of nitrogens with one attached hydrogen (secondary N) is 2. The molecule has 0 bridgehead atoms. The van der Waals surface area contributed by atoms with Crippen molar-refractivity contribution in [2.45, 2.75) is 109 Å². The standard InChI is InChI=1S/C55H66Cl2N8O7.C2HF3O2/c1-35(2)63-23-24-64-48(31-58-50(64)33-63)40-16-21-46(22-17-40)72-49-28-44(57)20-15-41(49)32-65-37(4)53(68)60-47(34-71-7)55(70)62(6)45(26-39-13-18-43(56)19-14-39)29-51(66)59-30-36(3)61(5)54(69)42(27-52(65)67)25-38-11-9-8-10-12-38;3-2(4,5)1(6)7/h8-22,28,31,35-37,42,45,47H,23-27,29-30,32-34H2,1-7H3,(H,59,66)(H,60,68);(H,6,7)/t36-,37-,42+,45-,47-;/m0./s1. The Kier molecular flexibility index (Phi) is 21.5. The van der Waals surface area contributed by atoms with Gasteiger partial charge in [-0.2, -0.15) is 13.2 Å². The van der Waals surface area contributed by atoms with E-state index in [4.69, 9.17) is 47.6 Å². The van der Waals surface area contributed by atoms with Crippen LogP contribution in [-0.4, -0.2) is 147 Å². The molecule has 3 heterocycles. The number of methoxy groups -OCH3 is 1. The Bertz CT molecular complexity index is 2910. The van der Waals surface area contributed by atoms with Crippen molar-refractivity contribution in [1.82, 2.24) is 39.8 Å². The minimum Gasteiger partial charge on any atom is -0.475 e. The zero-order chi connectivity index (χ0) is 57.7. The second-order valence-corrected chi connectivity index (χ2v) is 20.9. The quantitative estimate of drug-likeness (QED) is 0.109. The molecule has 0 saturated carbocycles. The van der Waals surface area contributed by atoms with Crippen LogP contribution in [0.25, 0.3) is 11.3 Å². The zero-order valence-electron chi connectivity index (χ0n) is 45.1. The van der Waals surface area contributed by atoms with E-state index in [1.807, 2.05) is 79.9 Å². The topological polar surface area (TPSA) is 196 Å². The molecule has 1 fully saturated rings. The molecule has 5 atom stereocenters. The Balaban J connectivity index is 0.00000135. The van der Waals surface area contributed by atoms with E-state index < -0.39 is 60.0 Å². The molecule has 7 rings (SSSR count). The number of alkyl halides is 3. The number of carboxylic acid groups (broad SMARTS) is 1. The molecule has 5 amide bonds. The molecule has 22 heteroatoms. The van der Waals surface area contributed by atoms with E-state index in [9.17, 15) is 32.3 Å². The van der Waals surface area contributed by atoms with Crippen LogP contribution < -0.4 is 15.4 Å². The SMILES string of the molecule is COC[C@@H]1NC(=O)[C@H](C)N(Cc2ccc(Cl)cc2Oc2ccc(-c3cnc4n3CCN(C(C)C)C4)cc2)C(=O)C[C@@H](Cc2ccccc2)C(=O)N(C)[C@@H](C)CNC(=O)C[C@H](Cc2ccc(Cl)cc2)N(C)C1=O.O=C(O)C(F)(F)F. The van der Waals surface area contributed by atoms with E-state index in [1.165, 1.54) is 16.9 Å². The van der Waals surface area contributed by atoms with Gasteiger partial charge in [-0.05, 0) is 100 Å². The Morgan fingerprint density at radius 3 is 2.11 bits per heavy atom. The lowest BCUT2D eigenvalue weighted by Gasteiger charge is -2.35. The van der Waals surface area contributed by atoms with Gasteiger partial charge in [0, 0.05) is 93.0 Å². The molecule has 4 aromatic carbocycles. The summed E-state index contributed by atoms with van der Waals surface area (Å²) in [5, 5.41) is 13.9. The highest BCUT2D eigenvalue weighted by atomic mass is 35.5. The number of rotatable bonds is 12. The van der Waals surface area contributed by atoms with Crippen molar-refractivity contribution in [2.24, 2.45) is 5.92 Å². The average Bonchev–Trinajstić information content (AvgIpc) is 3.96. The summed E-state index contributed by atoms with van der Waals surface area (Å²) in [5.74, 6) is -3.95. The van der Waals surface area contributed by atoms with Gasteiger partial charge in [-0.1, -0.05) is 71.7 Å². The summed E-state index contributed by atoms with van der Waals surface area (Å²) in [4.78, 5) is 93.0. The second kappa shape index (κ2) is 27.7. The number of benzene rings is 4. The van der Waals surface area contributed by atoms with Gasteiger partial charge in [-0.3, -0.25) is 28.9 Å². The molecule has 424 valence electrons. The molecule has 0 spiro atoms. The number of amides is 5. The molecule has 1 saturated heterocycles. The maximum absolute atomic E-state index is 15.1. The number of aromatic nitrogens is 2. The van der Waals surface area contributed by atoms with E-state index in [1.54, 1.807) is 56.3 Å². The molecule has 0 radical (unpaired) electrons. The van der Waals surface area contributed by atoms with Crippen LogP contribution in [0.5, 0.6) is 11.5 Å². The van der Waals surface area contributed by atoms with Crippen LogP contribution in [0.15, 0.2) is 103 Å². The third-order valence-electron chi connectivity index (χ3n) is 14.1. The van der Waals surface area contributed by atoms with Crippen LogP contribution in [-0.2, 0) is 66.0 Å². The normalized spacial score (nSPS) is 20.4. The van der Waals surface area contributed by atoms with Crippen LogP contribution in [0, 0.1) is 5.92 Å². The first kappa shape index (κ1) is 61.2. The summed E-state index contributed by atoms with van der Waals surface area (Å²) in [6.45, 7) is 10.2. The number of hydrogen-bond donors (Lipinski definition) is 3. The minimum absolute atomic E-state index is 0.0716. The van der Waals surface area contributed by atoms with Gasteiger partial charge in [-0.15, -0.1) is 0 Å². The summed E-state index contributed by atoms with van der Waals surface area (Å²) in [6.07, 6.45) is -2.97. The molecule has 1 aromatic heterocycles. The number of halogens is 5. The van der Waals surface area contributed by atoms with Gasteiger partial charge < -0.3 is 44.5 Å². The fourth-order valence-corrected chi connectivity index (χ4v) is 9.54. The molecule has 2 aliphatic heterocycles. The average molecular weight is 1140 g/mol. The molecule has 17 nitrogen and oxygen atoms in total. The van der Waals surface area contributed by atoms with E-state index in [0.29, 0.717) is 39.6 Å². The summed E-state index contributed by atoms with van der Waals surface area (Å²) >= 11 is 12.8. The molecule has 2 aliphatic rings. The van der Waals surface area contributed by atoms with Gasteiger partial charge in [0.05, 0.1) is 37.5 Å². The van der Waals surface area contributed by atoms with E-state index in [2.05, 4.69) is 33.9 Å². The Morgan fingerprint density at radius 1 is 0.835 bits per heavy atom. The van der Waals surface area contributed by atoms with E-state index in [-0.39, 0.29) is 50.8 Å². The van der Waals surface area contributed by atoms with Gasteiger partial charge in [0.2, 0.25) is 29.5 Å². The fraction of sp³-hybridized carbons (Fsp3) is 0.421. The number of hydrogen-bond acceptors (Lipinski definition) is 10. The number of carbonyl (C=O) groups is 6. The first-order valence-electron chi connectivity index (χ1n) is 25.8. The third kappa shape index (κ3) is 16.8. The van der Waals surface area contributed by atoms with Gasteiger partial charge in [-0.25, -0.2) is 9.78 Å². The molecule has 5 aromatic rings. The predicted octanol–water partition coefficient (Wildman–Crippen LogP) is 8.04. The molecular formula is C57H67Cl2F3N8O9. The summed E-state index contributed by atoms with van der Waals surface area (Å²) in [7, 11) is 4.67. The summed E-state index contributed by atoms with van der Waals surface area (Å²) < 4.78 is 46.0. The van der Waals surface area contributed by atoms with Gasteiger partial charge >= 0.3 is 12.1 Å². The number of imidazole rings is 1. The van der Waals surface area contributed by atoms with Crippen molar-refractivity contribution in [3.63, 3.8) is 0 Å². The Hall–Kier alpha value is -7.00. The number of fused-ring (bicyclic) bond motifs is 1. The number of aliphatic carboxylic acids is 1. The number of ether oxygens (including phenoxy) is 2. The van der Waals surface area contributed by atoms with Crippen molar-refractivity contribution in [1.29, 1.82) is 0 Å². The van der Waals surface area contributed by atoms with E-state index >= 15 is 4.79 Å². The van der Waals surface area contributed by atoms with Crippen LogP contribution in [0.1, 0.15) is 63.1 Å². The minimum atomic E-state index is -5.08. The molecule has 3 N–H and O–H groups in total. The zero-order valence-corrected chi connectivity index (χ0v) is 46.6. The van der Waals surface area contributed by atoms with Crippen molar-refractivity contribution >= 4 is 58.7 Å². The molecule has 0 unspecified atom stereocenters. The largest absolute Gasteiger partial charge is 0.490 e. The molecular weight excluding hydrogens is 1070 g/mol. The lowest BCUT2D eigenvalue weighted by Crippen LogP contribution is -2.57. The molecule has 79 heavy (non-hydrogen) atoms.